The smallest absolute Gasteiger partial charge is 0.262 e. The summed E-state index contributed by atoms with van der Waals surface area (Å²) in [4.78, 5) is 75.9. The molecule has 17 heteroatoms. The maximum Gasteiger partial charge on any atom is 0.262 e. The minimum absolute atomic E-state index is 0.0264. The number of hydrogen-bond acceptors (Lipinski definition) is 14. The number of benzene rings is 3. The molecular weight excluding hydrogens is 865 g/mol. The molecule has 0 aromatic heterocycles. The van der Waals surface area contributed by atoms with Crippen molar-refractivity contribution in [3.8, 4) is 5.75 Å². The zero-order chi connectivity index (χ0) is 47.7. The summed E-state index contributed by atoms with van der Waals surface area (Å²) in [5.74, 6) is -1.33. The predicted molar refractivity (Wildman–Crippen MR) is 261 cm³/mol. The number of imide groups is 2. The maximum absolute atomic E-state index is 13.3. The van der Waals surface area contributed by atoms with Crippen LogP contribution in [0.3, 0.4) is 0 Å². The highest BCUT2D eigenvalue weighted by Gasteiger charge is 2.45. The third-order valence-corrected chi connectivity index (χ3v) is 13.9. The Morgan fingerprint density at radius 3 is 2.04 bits per heavy atom. The Morgan fingerprint density at radius 2 is 1.34 bits per heavy atom. The van der Waals surface area contributed by atoms with Crippen LogP contribution in [0.5, 0.6) is 5.75 Å². The number of anilines is 3. The number of hydrogen-bond donors (Lipinski definition) is 5. The summed E-state index contributed by atoms with van der Waals surface area (Å²) in [5, 5.41) is 12.5. The number of para-hydroxylation sites is 1. The van der Waals surface area contributed by atoms with Crippen LogP contribution in [0.2, 0.25) is 0 Å². The van der Waals surface area contributed by atoms with Gasteiger partial charge in [0.05, 0.1) is 17.7 Å². The number of piperazine rings is 2. The highest BCUT2D eigenvalue weighted by atomic mass is 16.5. The van der Waals surface area contributed by atoms with Crippen LogP contribution in [0, 0.1) is 0 Å². The number of nitrogens with zero attached hydrogens (tertiary/aromatic N) is 6. The second-order valence-corrected chi connectivity index (χ2v) is 18.5. The molecule has 68 heavy (non-hydrogen) atoms. The van der Waals surface area contributed by atoms with Crippen molar-refractivity contribution < 1.29 is 33.8 Å². The zero-order valence-electron chi connectivity index (χ0n) is 39.0. The van der Waals surface area contributed by atoms with Crippen LogP contribution in [0.15, 0.2) is 84.4 Å². The summed E-state index contributed by atoms with van der Waals surface area (Å²) < 4.78 is 6.28. The summed E-state index contributed by atoms with van der Waals surface area (Å²) in [7, 11) is 0. The minimum atomic E-state index is -0.968. The van der Waals surface area contributed by atoms with Gasteiger partial charge >= 0.3 is 0 Å². The van der Waals surface area contributed by atoms with Crippen LogP contribution < -0.4 is 37.2 Å². The van der Waals surface area contributed by atoms with Gasteiger partial charge in [0, 0.05) is 106 Å². The lowest BCUT2D eigenvalue weighted by Crippen LogP contribution is -2.54. The first-order chi connectivity index (χ1) is 32.9. The van der Waals surface area contributed by atoms with E-state index in [1.165, 1.54) is 0 Å². The van der Waals surface area contributed by atoms with Gasteiger partial charge < -0.3 is 46.6 Å². The first-order valence-corrected chi connectivity index (χ1v) is 24.3. The van der Waals surface area contributed by atoms with Crippen molar-refractivity contribution in [2.24, 2.45) is 17.2 Å². The third kappa shape index (κ3) is 11.3. The quantitative estimate of drug-likeness (QED) is 0.0558. The lowest BCUT2D eigenvalue weighted by atomic mass is 10.0. The molecule has 5 aliphatic heterocycles. The molecule has 8 rings (SSSR count). The Balaban J connectivity index is 0.678. The molecule has 3 aromatic rings. The van der Waals surface area contributed by atoms with E-state index in [1.54, 1.807) is 42.5 Å². The van der Waals surface area contributed by atoms with Crippen LogP contribution >= 0.6 is 0 Å². The fourth-order valence-corrected chi connectivity index (χ4v) is 10.0. The van der Waals surface area contributed by atoms with Crippen molar-refractivity contribution in [1.82, 2.24) is 20.0 Å². The lowest BCUT2D eigenvalue weighted by molar-refractivity contribution is -0.136. The number of nitrogens with one attached hydrogen (secondary N) is 1. The molecule has 3 aromatic carbocycles. The average molecular weight is 931 g/mol. The molecule has 8 N–H and O–H groups in total. The van der Waals surface area contributed by atoms with Crippen LogP contribution in [0.1, 0.15) is 96.9 Å². The number of ether oxygens (including phenoxy) is 1. The Morgan fingerprint density at radius 1 is 0.706 bits per heavy atom. The van der Waals surface area contributed by atoms with E-state index >= 15 is 0 Å². The number of carbonyl (C=O) groups excluding carboxylic acids is 5. The highest BCUT2D eigenvalue weighted by molar-refractivity contribution is 6.23. The number of unbranched alkanes of at least 4 members (excludes halogenated alkanes) is 5. The first-order valence-electron chi connectivity index (χ1n) is 24.3. The number of phenols is 1. The molecule has 2 atom stereocenters. The van der Waals surface area contributed by atoms with E-state index in [1.807, 2.05) is 11.0 Å². The molecule has 0 bridgehead atoms. The summed E-state index contributed by atoms with van der Waals surface area (Å²) in [6, 6.07) is 19.8. The summed E-state index contributed by atoms with van der Waals surface area (Å²) in [6.45, 7) is 9.13. The standard InChI is InChI=1S/C51H66N10O7/c52-42(40-11-6-7-12-44(40)62)33-45(48(53)54)68-38-10-9-23-60(34-38)36-16-14-35(15-17-36)57-28-30-59(31-29-57)47(64)13-5-3-1-2-4-8-22-56-24-26-58(27-25-56)37-18-19-39-41(32-37)51(67)61(50(39)66)43-20-21-46(63)55-49(43)65/h6-7,11-12,14-19,32-33,38,43,62H,1-5,8-10,13,20-31,34,52-54H2,(H,55,63,65)/b42-33-. The molecule has 2 unspecified atom stereocenters. The van der Waals surface area contributed by atoms with Gasteiger partial charge in [-0.3, -0.25) is 39.1 Å². The molecule has 0 radical (unpaired) electrons. The second kappa shape index (κ2) is 21.9. The molecule has 362 valence electrons. The van der Waals surface area contributed by atoms with Gasteiger partial charge in [0.1, 0.15) is 23.7 Å². The van der Waals surface area contributed by atoms with Crippen molar-refractivity contribution in [2.45, 2.75) is 82.8 Å². The van der Waals surface area contributed by atoms with Gasteiger partial charge in [-0.2, -0.15) is 0 Å². The van der Waals surface area contributed by atoms with E-state index in [0.29, 0.717) is 41.1 Å². The van der Waals surface area contributed by atoms with E-state index < -0.39 is 29.7 Å². The van der Waals surface area contributed by atoms with Gasteiger partial charge in [0.15, 0.2) is 5.76 Å². The zero-order valence-corrected chi connectivity index (χ0v) is 39.0. The average Bonchev–Trinajstić information content (AvgIpc) is 3.59. The number of carbonyl (C=O) groups is 5. The number of rotatable bonds is 17. The molecule has 5 aliphatic rings. The highest BCUT2D eigenvalue weighted by Crippen LogP contribution is 2.32. The van der Waals surface area contributed by atoms with Crippen LogP contribution in [0.25, 0.3) is 5.70 Å². The molecule has 17 nitrogen and oxygen atoms in total. The molecule has 4 fully saturated rings. The Kier molecular flexibility index (Phi) is 15.4. The van der Waals surface area contributed by atoms with E-state index in [0.717, 1.165) is 139 Å². The Labute approximate surface area is 398 Å². The third-order valence-electron chi connectivity index (χ3n) is 13.9. The fourth-order valence-electron chi connectivity index (χ4n) is 10.0. The Bertz CT molecular complexity index is 2390. The second-order valence-electron chi connectivity index (χ2n) is 18.5. The summed E-state index contributed by atoms with van der Waals surface area (Å²) in [6.07, 6.45) is 10.6. The number of piperidine rings is 2. The van der Waals surface area contributed by atoms with Crippen LogP contribution in [-0.2, 0) is 19.1 Å². The summed E-state index contributed by atoms with van der Waals surface area (Å²) in [5.41, 5.74) is 22.8. The van der Waals surface area contributed by atoms with Crippen molar-refractivity contribution in [2.75, 3.05) is 86.7 Å². The Hall–Kier alpha value is -6.75. The molecule has 4 saturated heterocycles. The van der Waals surface area contributed by atoms with E-state index in [9.17, 15) is 29.1 Å². The van der Waals surface area contributed by atoms with Gasteiger partial charge in [0.25, 0.3) is 11.8 Å². The fraction of sp³-hybridized carbons (Fsp3) is 0.471. The largest absolute Gasteiger partial charge is 0.507 e. The molecular formula is C51H66N10O7. The normalized spacial score (nSPS) is 20.4. The van der Waals surface area contributed by atoms with Gasteiger partial charge in [-0.1, -0.05) is 37.8 Å². The number of phenolic OH excluding ortho intramolecular Hbond substituents is 1. The molecule has 5 amide bonds. The van der Waals surface area contributed by atoms with Crippen molar-refractivity contribution >= 4 is 52.3 Å². The first kappa shape index (κ1) is 47.7. The number of amides is 5. The molecule has 5 heterocycles. The lowest BCUT2D eigenvalue weighted by Gasteiger charge is -2.37. The molecule has 0 saturated carbocycles. The van der Waals surface area contributed by atoms with Crippen molar-refractivity contribution in [3.05, 3.63) is 101 Å². The van der Waals surface area contributed by atoms with Gasteiger partial charge in [-0.15, -0.1) is 0 Å². The number of allylic oxidation sites excluding steroid dienone is 1. The van der Waals surface area contributed by atoms with Gasteiger partial charge in [-0.05, 0) is 93.2 Å². The SMILES string of the molecule is NC(N)=C(/C=C(\N)c1ccccc1O)OC1CCCN(c2ccc(N3CCN(C(=O)CCCCCCCCN4CCN(c5ccc6c(c5)C(=O)N(C5CCC(=O)NC5=O)C6=O)CC4)CC3)cc2)C1. The van der Waals surface area contributed by atoms with Crippen molar-refractivity contribution in [3.63, 3.8) is 0 Å². The van der Waals surface area contributed by atoms with Crippen LogP contribution in [-0.4, -0.2) is 133 Å². The molecule has 0 aliphatic carbocycles. The summed E-state index contributed by atoms with van der Waals surface area (Å²) >= 11 is 0. The number of nitrogens with two attached hydrogens (primary N) is 3. The minimum Gasteiger partial charge on any atom is -0.507 e. The van der Waals surface area contributed by atoms with Gasteiger partial charge in [0.2, 0.25) is 17.7 Å². The van der Waals surface area contributed by atoms with Crippen LogP contribution in [0.4, 0.5) is 17.1 Å². The van der Waals surface area contributed by atoms with E-state index in [4.69, 9.17) is 21.9 Å². The number of fused-ring (bicyclic) bond motifs is 1. The predicted octanol–water partition coefficient (Wildman–Crippen LogP) is 4.07. The monoisotopic (exact) mass is 931 g/mol. The van der Waals surface area contributed by atoms with E-state index in [-0.39, 0.29) is 36.4 Å². The van der Waals surface area contributed by atoms with E-state index in [2.05, 4.69) is 49.2 Å². The topological polar surface area (TPSA) is 224 Å². The van der Waals surface area contributed by atoms with Crippen molar-refractivity contribution in [1.29, 1.82) is 0 Å². The molecule has 0 spiro atoms. The van der Waals surface area contributed by atoms with Gasteiger partial charge in [-0.25, -0.2) is 0 Å². The maximum atomic E-state index is 13.3. The number of aromatic hydroxyl groups is 1.